The van der Waals surface area contributed by atoms with Crippen molar-refractivity contribution in [1.82, 2.24) is 4.98 Å². The van der Waals surface area contributed by atoms with Crippen molar-refractivity contribution in [1.29, 1.82) is 0 Å². The van der Waals surface area contributed by atoms with Crippen LogP contribution in [0.1, 0.15) is 6.92 Å². The molecule has 1 N–H and O–H groups in total. The second-order valence-corrected chi connectivity index (χ2v) is 6.59. The number of aromatic nitrogens is 1. The molecule has 4 aromatic rings. The molecule has 1 heterocycles. The second-order valence-electron chi connectivity index (χ2n) is 6.59. The Morgan fingerprint density at radius 1 is 0.931 bits per heavy atom. The topological polar surface area (TPSA) is 64.4 Å². The van der Waals surface area contributed by atoms with E-state index < -0.39 is 6.10 Å². The first-order valence-corrected chi connectivity index (χ1v) is 9.31. The Hall–Kier alpha value is -3.86. The smallest absolute Gasteiger partial charge is 0.265 e. The first kappa shape index (κ1) is 18.5. The third-order valence-corrected chi connectivity index (χ3v) is 4.49. The van der Waals surface area contributed by atoms with Crippen LogP contribution in [-0.4, -0.2) is 17.0 Å². The molecule has 1 aromatic heterocycles. The number of carbonyl (C=O) groups excluding carboxylic acids is 1. The van der Waals surface area contributed by atoms with Crippen LogP contribution in [0.15, 0.2) is 95.9 Å². The Bertz CT molecular complexity index is 1070. The van der Waals surface area contributed by atoms with Crippen LogP contribution in [0.25, 0.3) is 22.5 Å². The zero-order valence-electron chi connectivity index (χ0n) is 15.9. The van der Waals surface area contributed by atoms with Crippen LogP contribution >= 0.6 is 0 Å². The maximum Gasteiger partial charge on any atom is 0.265 e. The largest absolute Gasteiger partial charge is 0.481 e. The van der Waals surface area contributed by atoms with Gasteiger partial charge in [0.1, 0.15) is 5.75 Å². The minimum absolute atomic E-state index is 0.230. The van der Waals surface area contributed by atoms with E-state index in [9.17, 15) is 4.79 Å². The summed E-state index contributed by atoms with van der Waals surface area (Å²) in [5.41, 5.74) is 3.74. The van der Waals surface area contributed by atoms with Crippen LogP contribution in [0.5, 0.6) is 5.75 Å². The Labute approximate surface area is 169 Å². The summed E-state index contributed by atoms with van der Waals surface area (Å²) in [6.45, 7) is 1.72. The minimum Gasteiger partial charge on any atom is -0.481 e. The van der Waals surface area contributed by atoms with Gasteiger partial charge < -0.3 is 14.5 Å². The van der Waals surface area contributed by atoms with Gasteiger partial charge in [0, 0.05) is 11.3 Å². The van der Waals surface area contributed by atoms with E-state index in [1.807, 2.05) is 66.7 Å². The van der Waals surface area contributed by atoms with E-state index in [0.29, 0.717) is 17.2 Å². The van der Waals surface area contributed by atoms with Crippen molar-refractivity contribution >= 4 is 11.6 Å². The maximum atomic E-state index is 12.5. The van der Waals surface area contributed by atoms with E-state index in [-0.39, 0.29) is 5.91 Å². The SMILES string of the molecule is CC(Oc1ccc(-c2ccccc2)cc1)C(=O)Nc1cccc(-c2cnco2)c1. The van der Waals surface area contributed by atoms with Crippen molar-refractivity contribution in [2.24, 2.45) is 0 Å². The molecule has 1 atom stereocenters. The van der Waals surface area contributed by atoms with Gasteiger partial charge in [0.2, 0.25) is 0 Å². The number of hydrogen-bond acceptors (Lipinski definition) is 4. The normalized spacial score (nSPS) is 11.6. The molecule has 144 valence electrons. The highest BCUT2D eigenvalue weighted by Crippen LogP contribution is 2.24. The number of nitrogens with one attached hydrogen (secondary N) is 1. The van der Waals surface area contributed by atoms with Crippen LogP contribution in [0.4, 0.5) is 5.69 Å². The van der Waals surface area contributed by atoms with Gasteiger partial charge >= 0.3 is 0 Å². The van der Waals surface area contributed by atoms with Crippen LogP contribution in [0.2, 0.25) is 0 Å². The van der Waals surface area contributed by atoms with Crippen LogP contribution in [0.3, 0.4) is 0 Å². The zero-order valence-corrected chi connectivity index (χ0v) is 15.9. The molecule has 1 unspecified atom stereocenters. The number of nitrogens with zero attached hydrogens (tertiary/aromatic N) is 1. The molecule has 0 radical (unpaired) electrons. The molecule has 0 spiro atoms. The van der Waals surface area contributed by atoms with Crippen molar-refractivity contribution in [2.75, 3.05) is 5.32 Å². The first-order valence-electron chi connectivity index (χ1n) is 9.31. The van der Waals surface area contributed by atoms with Gasteiger partial charge in [0.15, 0.2) is 18.3 Å². The fraction of sp³-hybridized carbons (Fsp3) is 0.0833. The molecule has 0 aliphatic rings. The van der Waals surface area contributed by atoms with Gasteiger partial charge in [-0.1, -0.05) is 54.6 Å². The van der Waals surface area contributed by atoms with Gasteiger partial charge in [-0.15, -0.1) is 0 Å². The van der Waals surface area contributed by atoms with E-state index in [2.05, 4.69) is 22.4 Å². The Morgan fingerprint density at radius 2 is 1.66 bits per heavy atom. The monoisotopic (exact) mass is 384 g/mol. The molecule has 0 saturated carbocycles. The second kappa shape index (κ2) is 8.44. The fourth-order valence-electron chi connectivity index (χ4n) is 2.97. The number of amides is 1. The molecule has 0 bridgehead atoms. The van der Waals surface area contributed by atoms with Crippen molar-refractivity contribution in [3.05, 3.63) is 91.5 Å². The summed E-state index contributed by atoms with van der Waals surface area (Å²) in [7, 11) is 0. The predicted octanol–water partition coefficient (Wildman–Crippen LogP) is 5.41. The van der Waals surface area contributed by atoms with Crippen LogP contribution in [-0.2, 0) is 4.79 Å². The highest BCUT2D eigenvalue weighted by molar-refractivity contribution is 5.94. The highest BCUT2D eigenvalue weighted by atomic mass is 16.5. The van der Waals surface area contributed by atoms with Gasteiger partial charge in [0.05, 0.1) is 6.20 Å². The summed E-state index contributed by atoms with van der Waals surface area (Å²) >= 11 is 0. The summed E-state index contributed by atoms with van der Waals surface area (Å²) < 4.78 is 11.1. The summed E-state index contributed by atoms with van der Waals surface area (Å²) in [6.07, 6.45) is 2.36. The van der Waals surface area contributed by atoms with Crippen molar-refractivity contribution in [3.63, 3.8) is 0 Å². The third kappa shape index (κ3) is 4.52. The number of rotatable bonds is 6. The van der Waals surface area contributed by atoms with Crippen LogP contribution < -0.4 is 10.1 Å². The molecular formula is C24H20N2O3. The quantitative estimate of drug-likeness (QED) is 0.482. The average Bonchev–Trinajstić information content (AvgIpc) is 3.30. The number of anilines is 1. The fourth-order valence-corrected chi connectivity index (χ4v) is 2.97. The predicted molar refractivity (Wildman–Crippen MR) is 113 cm³/mol. The van der Waals surface area contributed by atoms with E-state index in [4.69, 9.17) is 9.15 Å². The van der Waals surface area contributed by atoms with Crippen molar-refractivity contribution < 1.29 is 13.9 Å². The number of ether oxygens (including phenoxy) is 1. The highest BCUT2D eigenvalue weighted by Gasteiger charge is 2.15. The third-order valence-electron chi connectivity index (χ3n) is 4.49. The lowest BCUT2D eigenvalue weighted by Gasteiger charge is -2.15. The van der Waals surface area contributed by atoms with Gasteiger partial charge in [-0.05, 0) is 42.3 Å². The lowest BCUT2D eigenvalue weighted by atomic mass is 10.1. The number of oxazole rings is 1. The average molecular weight is 384 g/mol. The Balaban J connectivity index is 1.39. The Morgan fingerprint density at radius 3 is 2.38 bits per heavy atom. The molecular weight excluding hydrogens is 364 g/mol. The van der Waals surface area contributed by atoms with E-state index in [1.165, 1.54) is 6.39 Å². The van der Waals surface area contributed by atoms with Crippen molar-refractivity contribution in [2.45, 2.75) is 13.0 Å². The standard InChI is InChI=1S/C24H20N2O3/c1-17(29-22-12-10-19(11-13-22)18-6-3-2-4-7-18)24(27)26-21-9-5-8-20(14-21)23-15-25-16-28-23/h2-17H,1H3,(H,26,27). The Kier molecular flexibility index (Phi) is 5.38. The maximum absolute atomic E-state index is 12.5. The van der Waals surface area contributed by atoms with E-state index in [1.54, 1.807) is 13.1 Å². The zero-order chi connectivity index (χ0) is 20.1. The molecule has 1 amide bonds. The molecule has 4 rings (SSSR count). The molecule has 5 heteroatoms. The lowest BCUT2D eigenvalue weighted by Crippen LogP contribution is -2.30. The van der Waals surface area contributed by atoms with Crippen LogP contribution in [0, 0.1) is 0 Å². The van der Waals surface area contributed by atoms with Gasteiger partial charge in [-0.2, -0.15) is 0 Å². The molecule has 0 aliphatic heterocycles. The number of benzene rings is 3. The number of hydrogen-bond donors (Lipinski definition) is 1. The van der Waals surface area contributed by atoms with E-state index in [0.717, 1.165) is 16.7 Å². The summed E-state index contributed by atoms with van der Waals surface area (Å²) in [4.78, 5) is 16.4. The van der Waals surface area contributed by atoms with E-state index >= 15 is 0 Å². The molecule has 0 aliphatic carbocycles. The molecule has 29 heavy (non-hydrogen) atoms. The summed E-state index contributed by atoms with van der Waals surface area (Å²) in [5.74, 6) is 1.05. The first-order chi connectivity index (χ1) is 14.2. The lowest BCUT2D eigenvalue weighted by molar-refractivity contribution is -0.122. The van der Waals surface area contributed by atoms with Gasteiger partial charge in [0.25, 0.3) is 5.91 Å². The van der Waals surface area contributed by atoms with Gasteiger partial charge in [-0.3, -0.25) is 4.79 Å². The molecule has 0 fully saturated rings. The number of carbonyl (C=O) groups is 1. The minimum atomic E-state index is -0.647. The van der Waals surface area contributed by atoms with Crippen molar-refractivity contribution in [3.8, 4) is 28.2 Å². The summed E-state index contributed by atoms with van der Waals surface area (Å²) in [5, 5.41) is 2.88. The summed E-state index contributed by atoms with van der Waals surface area (Å²) in [6, 6.07) is 25.2. The van der Waals surface area contributed by atoms with Gasteiger partial charge in [-0.25, -0.2) is 4.98 Å². The molecule has 0 saturated heterocycles. The molecule has 5 nitrogen and oxygen atoms in total. The molecule has 3 aromatic carbocycles.